The monoisotopic (exact) mass is 375 g/mol. The molecule has 1 N–H and O–H groups in total. The van der Waals surface area contributed by atoms with Gasteiger partial charge in [-0.25, -0.2) is 9.97 Å². The average Bonchev–Trinajstić information content (AvgIpc) is 2.75. The van der Waals surface area contributed by atoms with E-state index in [1.54, 1.807) is 0 Å². The molecular formula is C18H12Cl3N3. The molecule has 120 valence electrons. The standard InChI is InChI=1S/C18H12Cl3N3/c19-11-3-1-10(2-4-11)18-23-16-13-6-5-12(20)9-15(13)22-8-7-14(16)17(21)24-18/h1-6,9,22H,7-8H2. The van der Waals surface area contributed by atoms with Gasteiger partial charge >= 0.3 is 0 Å². The van der Waals surface area contributed by atoms with E-state index in [-0.39, 0.29) is 0 Å². The fraction of sp³-hybridized carbons (Fsp3) is 0.111. The molecule has 2 aromatic carbocycles. The Kier molecular flexibility index (Phi) is 4.09. The number of halogens is 3. The number of hydrogen-bond donors (Lipinski definition) is 1. The molecule has 0 atom stereocenters. The molecule has 0 fully saturated rings. The van der Waals surface area contributed by atoms with Gasteiger partial charge in [-0.2, -0.15) is 0 Å². The Hall–Kier alpha value is -1.81. The lowest BCUT2D eigenvalue weighted by Crippen LogP contribution is -2.03. The van der Waals surface area contributed by atoms with Gasteiger partial charge in [0.2, 0.25) is 0 Å². The Labute approximate surface area is 154 Å². The Morgan fingerprint density at radius 3 is 2.42 bits per heavy atom. The molecule has 3 aromatic rings. The maximum Gasteiger partial charge on any atom is 0.161 e. The van der Waals surface area contributed by atoms with Gasteiger partial charge in [-0.05, 0) is 48.9 Å². The van der Waals surface area contributed by atoms with Crippen molar-refractivity contribution < 1.29 is 0 Å². The minimum absolute atomic E-state index is 0.481. The average molecular weight is 377 g/mol. The summed E-state index contributed by atoms with van der Waals surface area (Å²) in [5.74, 6) is 0.582. The highest BCUT2D eigenvalue weighted by Crippen LogP contribution is 2.37. The van der Waals surface area contributed by atoms with Crippen LogP contribution in [0.2, 0.25) is 15.2 Å². The van der Waals surface area contributed by atoms with Crippen LogP contribution >= 0.6 is 34.8 Å². The van der Waals surface area contributed by atoms with E-state index in [0.717, 1.165) is 41.0 Å². The van der Waals surface area contributed by atoms with Gasteiger partial charge in [-0.3, -0.25) is 0 Å². The number of hydrogen-bond acceptors (Lipinski definition) is 3. The molecule has 0 radical (unpaired) electrons. The molecule has 3 nitrogen and oxygen atoms in total. The van der Waals surface area contributed by atoms with Crippen LogP contribution in [0.15, 0.2) is 42.5 Å². The molecule has 0 saturated heterocycles. The maximum atomic E-state index is 6.47. The molecule has 1 aliphatic heterocycles. The quantitative estimate of drug-likeness (QED) is 0.550. The van der Waals surface area contributed by atoms with Gasteiger partial charge in [0.15, 0.2) is 5.82 Å². The molecular weight excluding hydrogens is 365 g/mol. The summed E-state index contributed by atoms with van der Waals surface area (Å²) in [7, 11) is 0. The Balaban J connectivity index is 1.93. The normalized spacial score (nSPS) is 12.8. The van der Waals surface area contributed by atoms with Crippen molar-refractivity contribution in [2.24, 2.45) is 0 Å². The van der Waals surface area contributed by atoms with E-state index in [4.69, 9.17) is 39.8 Å². The van der Waals surface area contributed by atoms with Crippen LogP contribution in [0.1, 0.15) is 5.56 Å². The molecule has 1 aromatic heterocycles. The molecule has 24 heavy (non-hydrogen) atoms. The van der Waals surface area contributed by atoms with Crippen molar-refractivity contribution in [3.05, 3.63) is 63.2 Å². The first kappa shape index (κ1) is 15.7. The summed E-state index contributed by atoms with van der Waals surface area (Å²) >= 11 is 18.5. The summed E-state index contributed by atoms with van der Waals surface area (Å²) in [6.45, 7) is 0.754. The largest absolute Gasteiger partial charge is 0.384 e. The topological polar surface area (TPSA) is 37.8 Å². The summed E-state index contributed by atoms with van der Waals surface area (Å²) in [5, 5.41) is 5.21. The number of benzene rings is 2. The molecule has 0 unspecified atom stereocenters. The molecule has 1 aliphatic rings. The van der Waals surface area contributed by atoms with Gasteiger partial charge in [-0.1, -0.05) is 34.8 Å². The van der Waals surface area contributed by atoms with Crippen LogP contribution in [0.25, 0.3) is 22.6 Å². The molecule has 0 spiro atoms. The third-order valence-electron chi connectivity index (χ3n) is 3.99. The number of rotatable bonds is 1. The molecule has 0 saturated carbocycles. The van der Waals surface area contributed by atoms with Crippen LogP contribution in [0.4, 0.5) is 5.69 Å². The summed E-state index contributed by atoms with van der Waals surface area (Å²) in [6, 6.07) is 13.1. The Morgan fingerprint density at radius 2 is 1.62 bits per heavy atom. The van der Waals surface area contributed by atoms with Crippen LogP contribution in [-0.2, 0) is 6.42 Å². The van der Waals surface area contributed by atoms with Crippen LogP contribution in [0.5, 0.6) is 0 Å². The Bertz CT molecular complexity index is 924. The lowest BCUT2D eigenvalue weighted by atomic mass is 10.0. The molecule has 0 aliphatic carbocycles. The zero-order valence-corrected chi connectivity index (χ0v) is 14.8. The highest BCUT2D eigenvalue weighted by Gasteiger charge is 2.20. The fourth-order valence-electron chi connectivity index (χ4n) is 2.82. The van der Waals surface area contributed by atoms with E-state index in [0.29, 0.717) is 21.0 Å². The fourth-order valence-corrected chi connectivity index (χ4v) is 3.38. The van der Waals surface area contributed by atoms with Crippen molar-refractivity contribution >= 4 is 40.5 Å². The molecule has 4 rings (SSSR count). The van der Waals surface area contributed by atoms with Gasteiger partial charge in [0, 0.05) is 39.0 Å². The van der Waals surface area contributed by atoms with Gasteiger partial charge in [0.1, 0.15) is 5.15 Å². The third-order valence-corrected chi connectivity index (χ3v) is 4.79. The van der Waals surface area contributed by atoms with E-state index in [1.807, 2.05) is 42.5 Å². The number of aromatic nitrogens is 2. The zero-order chi connectivity index (χ0) is 16.7. The minimum atomic E-state index is 0.481. The number of fused-ring (bicyclic) bond motifs is 3. The van der Waals surface area contributed by atoms with E-state index in [2.05, 4.69) is 10.3 Å². The van der Waals surface area contributed by atoms with Gasteiger partial charge in [0.05, 0.1) is 5.69 Å². The van der Waals surface area contributed by atoms with E-state index in [9.17, 15) is 0 Å². The summed E-state index contributed by atoms with van der Waals surface area (Å²) in [5.41, 5.74) is 4.60. The van der Waals surface area contributed by atoms with Crippen molar-refractivity contribution in [3.8, 4) is 22.6 Å². The first-order valence-electron chi connectivity index (χ1n) is 7.48. The predicted octanol–water partition coefficient (Wildman–Crippen LogP) is 5.74. The lowest BCUT2D eigenvalue weighted by Gasteiger charge is -2.11. The highest BCUT2D eigenvalue weighted by molar-refractivity contribution is 6.31. The van der Waals surface area contributed by atoms with Crippen molar-refractivity contribution in [1.82, 2.24) is 9.97 Å². The van der Waals surface area contributed by atoms with Crippen LogP contribution < -0.4 is 5.32 Å². The highest BCUT2D eigenvalue weighted by atomic mass is 35.5. The van der Waals surface area contributed by atoms with Crippen LogP contribution in [0, 0.1) is 0 Å². The van der Waals surface area contributed by atoms with E-state index < -0.39 is 0 Å². The third kappa shape index (κ3) is 2.84. The SMILES string of the molecule is Clc1ccc(-c2nc(Cl)c3c(n2)-c2ccc(Cl)cc2NCC3)cc1. The van der Waals surface area contributed by atoms with Gasteiger partial charge in [0.25, 0.3) is 0 Å². The van der Waals surface area contributed by atoms with E-state index in [1.165, 1.54) is 0 Å². The smallest absolute Gasteiger partial charge is 0.161 e. The number of anilines is 1. The van der Waals surface area contributed by atoms with Crippen molar-refractivity contribution in [3.63, 3.8) is 0 Å². The summed E-state index contributed by atoms with van der Waals surface area (Å²) in [6.07, 6.45) is 0.751. The summed E-state index contributed by atoms with van der Waals surface area (Å²) < 4.78 is 0. The van der Waals surface area contributed by atoms with E-state index >= 15 is 0 Å². The molecule has 0 bridgehead atoms. The number of nitrogens with zero attached hydrogens (tertiary/aromatic N) is 2. The minimum Gasteiger partial charge on any atom is -0.384 e. The lowest BCUT2D eigenvalue weighted by molar-refractivity contribution is 1.00. The predicted molar refractivity (Wildman–Crippen MR) is 100 cm³/mol. The van der Waals surface area contributed by atoms with Crippen LogP contribution in [-0.4, -0.2) is 16.5 Å². The molecule has 0 amide bonds. The van der Waals surface area contributed by atoms with Gasteiger partial charge in [-0.15, -0.1) is 0 Å². The molecule has 2 heterocycles. The Morgan fingerprint density at radius 1 is 0.875 bits per heavy atom. The maximum absolute atomic E-state index is 6.47. The first-order valence-corrected chi connectivity index (χ1v) is 8.61. The summed E-state index contributed by atoms with van der Waals surface area (Å²) in [4.78, 5) is 9.26. The van der Waals surface area contributed by atoms with Crippen molar-refractivity contribution in [2.45, 2.75) is 6.42 Å². The zero-order valence-electron chi connectivity index (χ0n) is 12.5. The number of nitrogens with one attached hydrogen (secondary N) is 1. The second-order valence-electron chi connectivity index (χ2n) is 5.54. The van der Waals surface area contributed by atoms with Gasteiger partial charge < -0.3 is 5.32 Å². The molecule has 6 heteroatoms. The van der Waals surface area contributed by atoms with Crippen molar-refractivity contribution in [1.29, 1.82) is 0 Å². The second-order valence-corrected chi connectivity index (χ2v) is 6.77. The first-order chi connectivity index (χ1) is 11.6. The van der Waals surface area contributed by atoms with Crippen LogP contribution in [0.3, 0.4) is 0 Å². The van der Waals surface area contributed by atoms with Crippen molar-refractivity contribution in [2.75, 3.05) is 11.9 Å². The second kappa shape index (κ2) is 6.25.